The van der Waals surface area contributed by atoms with Gasteiger partial charge in [-0.3, -0.25) is 24.0 Å². The van der Waals surface area contributed by atoms with Gasteiger partial charge in [0.2, 0.25) is 17.7 Å². The minimum Gasteiger partial charge on any atom is -0.481 e. The molecule has 0 saturated carbocycles. The Hall–Kier alpha value is -2.87. The van der Waals surface area contributed by atoms with Crippen LogP contribution in [0.4, 0.5) is 0 Å². The van der Waals surface area contributed by atoms with Gasteiger partial charge in [0, 0.05) is 18.6 Å². The fourth-order valence-corrected chi connectivity index (χ4v) is 2.72. The van der Waals surface area contributed by atoms with Crippen molar-refractivity contribution in [3.8, 4) is 0 Å². The second-order valence-corrected chi connectivity index (χ2v) is 7.71. The van der Waals surface area contributed by atoms with Crippen LogP contribution in [0.3, 0.4) is 0 Å². The quantitative estimate of drug-likeness (QED) is 0.123. The molecule has 8 N–H and O–H groups in total. The summed E-state index contributed by atoms with van der Waals surface area (Å²) in [5.41, 5.74) is 5.60. The van der Waals surface area contributed by atoms with E-state index in [0.717, 1.165) is 0 Å². The number of carbonyl (C=O) groups excluding carboxylic acids is 3. The van der Waals surface area contributed by atoms with Gasteiger partial charge in [0.25, 0.3) is 0 Å². The molecule has 0 radical (unpaired) electrons. The molecule has 0 rings (SSSR count). The summed E-state index contributed by atoms with van der Waals surface area (Å²) in [5.74, 6) is -6.92. The summed E-state index contributed by atoms with van der Waals surface area (Å²) in [4.78, 5) is 70.0. The van der Waals surface area contributed by atoms with E-state index in [4.69, 9.17) is 15.9 Å². The van der Waals surface area contributed by atoms with Crippen molar-refractivity contribution >= 4 is 48.3 Å². The number of hydrogen-bond acceptors (Lipinski definition) is 8. The highest BCUT2D eigenvalue weighted by atomic mass is 32.1. The van der Waals surface area contributed by atoms with Gasteiger partial charge in [0.05, 0.1) is 6.04 Å². The molecule has 0 aliphatic heterocycles. The Kier molecular flexibility index (Phi) is 13.0. The molecule has 0 heterocycles. The zero-order valence-electron chi connectivity index (χ0n) is 17.7. The lowest BCUT2D eigenvalue weighted by Gasteiger charge is -2.25. The Morgan fingerprint density at radius 2 is 1.25 bits per heavy atom. The maximum Gasteiger partial charge on any atom is 0.326 e. The largest absolute Gasteiger partial charge is 0.481 e. The number of carboxylic acids is 3. The maximum atomic E-state index is 12.6. The second kappa shape index (κ2) is 14.2. The number of hydrogen-bond donors (Lipinski definition) is 8. The molecule has 0 aliphatic rings. The summed E-state index contributed by atoms with van der Waals surface area (Å²) < 4.78 is 0. The molecule has 4 atom stereocenters. The van der Waals surface area contributed by atoms with E-state index in [-0.39, 0.29) is 25.0 Å². The van der Waals surface area contributed by atoms with Gasteiger partial charge in [-0.05, 0) is 18.8 Å². The Labute approximate surface area is 189 Å². The third kappa shape index (κ3) is 10.9. The van der Waals surface area contributed by atoms with Crippen molar-refractivity contribution in [3.63, 3.8) is 0 Å². The van der Waals surface area contributed by atoms with E-state index >= 15 is 0 Å². The minimum atomic E-state index is -1.38. The van der Waals surface area contributed by atoms with Crippen LogP contribution >= 0.6 is 12.6 Å². The lowest BCUT2D eigenvalue weighted by Crippen LogP contribution is -2.58. The van der Waals surface area contributed by atoms with Gasteiger partial charge < -0.3 is 37.0 Å². The first-order valence-corrected chi connectivity index (χ1v) is 10.4. The van der Waals surface area contributed by atoms with Crippen molar-refractivity contribution in [3.05, 3.63) is 0 Å². The maximum absolute atomic E-state index is 12.6. The molecule has 0 saturated heterocycles. The molecule has 182 valence electrons. The summed E-state index contributed by atoms with van der Waals surface area (Å²) in [6.07, 6.45) is -1.41. The zero-order chi connectivity index (χ0) is 25.0. The average Bonchev–Trinajstić information content (AvgIpc) is 2.69. The van der Waals surface area contributed by atoms with E-state index in [9.17, 15) is 33.9 Å². The van der Waals surface area contributed by atoms with Crippen LogP contribution in [-0.2, 0) is 28.8 Å². The van der Waals surface area contributed by atoms with Crippen molar-refractivity contribution < 1.29 is 44.1 Å². The zero-order valence-corrected chi connectivity index (χ0v) is 18.6. The first kappa shape index (κ1) is 29.1. The number of nitrogens with two attached hydrogens (primary N) is 1. The van der Waals surface area contributed by atoms with Gasteiger partial charge >= 0.3 is 17.9 Å². The lowest BCUT2D eigenvalue weighted by molar-refractivity contribution is -0.143. The van der Waals surface area contributed by atoms with Gasteiger partial charge in [-0.2, -0.15) is 12.6 Å². The summed E-state index contributed by atoms with van der Waals surface area (Å²) >= 11 is 3.98. The van der Waals surface area contributed by atoms with Crippen LogP contribution in [-0.4, -0.2) is 80.9 Å². The van der Waals surface area contributed by atoms with E-state index in [1.54, 1.807) is 13.8 Å². The number of rotatable bonds is 15. The highest BCUT2D eigenvalue weighted by molar-refractivity contribution is 7.80. The van der Waals surface area contributed by atoms with Gasteiger partial charge in [-0.1, -0.05) is 13.8 Å². The fourth-order valence-electron chi connectivity index (χ4n) is 2.46. The first-order valence-electron chi connectivity index (χ1n) is 9.74. The average molecular weight is 479 g/mol. The molecular weight excluding hydrogens is 448 g/mol. The second-order valence-electron chi connectivity index (χ2n) is 7.34. The van der Waals surface area contributed by atoms with Crippen molar-refractivity contribution in [1.82, 2.24) is 16.0 Å². The van der Waals surface area contributed by atoms with Crippen LogP contribution in [0, 0.1) is 5.92 Å². The summed E-state index contributed by atoms with van der Waals surface area (Å²) in [6.45, 7) is 3.16. The molecular formula is C18H30N4O9S. The van der Waals surface area contributed by atoms with E-state index in [2.05, 4.69) is 28.6 Å². The monoisotopic (exact) mass is 478 g/mol. The molecule has 0 fully saturated rings. The SMILES string of the molecule is CC(C)C(NC(=O)C(CS)NC(=O)C(CCC(=O)O)NC(=O)C(N)CCC(=O)O)C(=O)O. The third-order valence-electron chi connectivity index (χ3n) is 4.33. The molecule has 0 aromatic carbocycles. The van der Waals surface area contributed by atoms with Crippen molar-refractivity contribution in [1.29, 1.82) is 0 Å². The lowest BCUT2D eigenvalue weighted by atomic mass is 10.0. The topological polar surface area (TPSA) is 225 Å². The fraction of sp³-hybridized carbons (Fsp3) is 0.667. The summed E-state index contributed by atoms with van der Waals surface area (Å²) in [5, 5.41) is 33.6. The predicted molar refractivity (Wildman–Crippen MR) is 114 cm³/mol. The molecule has 14 heteroatoms. The normalized spacial score (nSPS) is 14.5. The third-order valence-corrected chi connectivity index (χ3v) is 4.70. The van der Waals surface area contributed by atoms with Crippen LogP contribution in [0.1, 0.15) is 39.5 Å². The van der Waals surface area contributed by atoms with Crippen molar-refractivity contribution in [2.45, 2.75) is 63.7 Å². The standard InChI is InChI=1S/C18H30N4O9S/c1-8(2)14(18(30)31)22-17(29)11(7-32)21-16(28)10(4-6-13(25)26)20-15(27)9(19)3-5-12(23)24/h8-11,14,32H,3-7,19H2,1-2H3,(H,20,27)(H,21,28)(H,22,29)(H,23,24)(H,25,26)(H,30,31). The number of amides is 3. The molecule has 0 aromatic heterocycles. The molecule has 4 unspecified atom stereocenters. The molecule has 0 spiro atoms. The molecule has 0 bridgehead atoms. The number of carbonyl (C=O) groups is 6. The van der Waals surface area contributed by atoms with E-state index in [1.807, 2.05) is 0 Å². The number of nitrogens with one attached hydrogen (secondary N) is 3. The summed E-state index contributed by atoms with van der Waals surface area (Å²) in [6, 6.07) is -5.12. The van der Waals surface area contributed by atoms with E-state index < -0.39 is 72.1 Å². The van der Waals surface area contributed by atoms with E-state index in [1.165, 1.54) is 0 Å². The molecule has 0 aromatic rings. The van der Waals surface area contributed by atoms with E-state index in [0.29, 0.717) is 0 Å². The van der Waals surface area contributed by atoms with Crippen LogP contribution in [0.5, 0.6) is 0 Å². The number of aliphatic carboxylic acids is 3. The van der Waals surface area contributed by atoms with Crippen molar-refractivity contribution in [2.75, 3.05) is 5.75 Å². The summed E-state index contributed by atoms with van der Waals surface area (Å²) in [7, 11) is 0. The van der Waals surface area contributed by atoms with Gasteiger partial charge in [-0.25, -0.2) is 4.79 Å². The van der Waals surface area contributed by atoms with Crippen LogP contribution in [0.15, 0.2) is 0 Å². The first-order chi connectivity index (χ1) is 14.8. The smallest absolute Gasteiger partial charge is 0.326 e. The van der Waals surface area contributed by atoms with Crippen LogP contribution in [0.2, 0.25) is 0 Å². The molecule has 13 nitrogen and oxygen atoms in total. The van der Waals surface area contributed by atoms with Gasteiger partial charge in [0.1, 0.15) is 18.1 Å². The highest BCUT2D eigenvalue weighted by Crippen LogP contribution is 2.05. The highest BCUT2D eigenvalue weighted by Gasteiger charge is 2.31. The Morgan fingerprint density at radius 3 is 1.69 bits per heavy atom. The number of thiol groups is 1. The van der Waals surface area contributed by atoms with Crippen LogP contribution < -0.4 is 21.7 Å². The molecule has 3 amide bonds. The predicted octanol–water partition coefficient (Wildman–Crippen LogP) is -1.83. The van der Waals surface area contributed by atoms with Gasteiger partial charge in [0.15, 0.2) is 0 Å². The molecule has 32 heavy (non-hydrogen) atoms. The Balaban J connectivity index is 5.29. The van der Waals surface area contributed by atoms with Gasteiger partial charge in [-0.15, -0.1) is 0 Å². The molecule has 0 aliphatic carbocycles. The van der Waals surface area contributed by atoms with Crippen LogP contribution in [0.25, 0.3) is 0 Å². The number of carboxylic acid groups (broad SMARTS) is 3. The Morgan fingerprint density at radius 1 is 0.781 bits per heavy atom. The minimum absolute atomic E-state index is 0.206. The Bertz CT molecular complexity index is 717. The van der Waals surface area contributed by atoms with Crippen molar-refractivity contribution in [2.24, 2.45) is 11.7 Å².